The molecule has 10 heteroatoms. The van der Waals surface area contributed by atoms with E-state index in [1.807, 2.05) is 42.5 Å². The second-order valence-electron chi connectivity index (χ2n) is 7.22. The van der Waals surface area contributed by atoms with E-state index in [-0.39, 0.29) is 6.54 Å². The number of aromatic nitrogens is 3. The molecule has 1 atom stereocenters. The van der Waals surface area contributed by atoms with Crippen LogP contribution >= 0.6 is 23.4 Å². The Kier molecular flexibility index (Phi) is 7.35. The first-order chi connectivity index (χ1) is 16.3. The molecule has 174 valence electrons. The lowest BCUT2D eigenvalue weighted by Gasteiger charge is -2.14. The summed E-state index contributed by atoms with van der Waals surface area (Å²) < 4.78 is 38.8. The topological polar surface area (TPSA) is 70.9 Å². The van der Waals surface area contributed by atoms with E-state index in [1.54, 1.807) is 12.3 Å². The second-order valence-corrected chi connectivity index (χ2v) is 8.72. The summed E-state index contributed by atoms with van der Waals surface area (Å²) in [7, 11) is 0. The van der Waals surface area contributed by atoms with Gasteiger partial charge < -0.3 is 10.4 Å². The maximum absolute atomic E-state index is 12.9. The van der Waals surface area contributed by atoms with Crippen molar-refractivity contribution in [2.75, 3.05) is 11.9 Å². The van der Waals surface area contributed by atoms with Crippen LogP contribution in [0.5, 0.6) is 0 Å². The highest BCUT2D eigenvalue weighted by Gasteiger charge is 2.33. The zero-order valence-corrected chi connectivity index (χ0v) is 19.1. The van der Waals surface area contributed by atoms with Crippen LogP contribution in [0, 0.1) is 0 Å². The molecule has 5 nitrogen and oxygen atoms in total. The minimum atomic E-state index is -4.53. The van der Waals surface area contributed by atoms with E-state index in [2.05, 4.69) is 20.3 Å². The van der Waals surface area contributed by atoms with Gasteiger partial charge in [0.05, 0.1) is 22.4 Å². The minimum Gasteiger partial charge on any atom is -0.387 e. The Hall–Kier alpha value is -3.14. The van der Waals surface area contributed by atoms with Crippen molar-refractivity contribution in [2.45, 2.75) is 22.2 Å². The number of nitrogens with one attached hydrogen (secondary N) is 1. The molecule has 2 aromatic carbocycles. The molecule has 0 amide bonds. The van der Waals surface area contributed by atoms with E-state index in [0.717, 1.165) is 21.6 Å². The van der Waals surface area contributed by atoms with Crippen molar-refractivity contribution in [2.24, 2.45) is 0 Å². The van der Waals surface area contributed by atoms with Crippen LogP contribution in [0.25, 0.3) is 11.3 Å². The van der Waals surface area contributed by atoms with Gasteiger partial charge in [-0.3, -0.25) is 0 Å². The minimum absolute atomic E-state index is 0.178. The highest BCUT2D eigenvalue weighted by Crippen LogP contribution is 2.36. The summed E-state index contributed by atoms with van der Waals surface area (Å²) in [6.07, 6.45) is -2.30. The number of hydrogen-bond acceptors (Lipinski definition) is 6. The predicted molar refractivity (Wildman–Crippen MR) is 126 cm³/mol. The fourth-order valence-corrected chi connectivity index (χ4v) is 4.18. The highest BCUT2D eigenvalue weighted by atomic mass is 35.5. The SMILES string of the molecule is OC(CNc1cc(-c2ccc(C(F)(F)F)c(Cl)c2)ncn1)c1ccc(Sc2ccccn2)cc1. The molecule has 0 aliphatic carbocycles. The van der Waals surface area contributed by atoms with Crippen molar-refractivity contribution in [3.8, 4) is 11.3 Å². The summed E-state index contributed by atoms with van der Waals surface area (Å²) in [5.41, 5.74) is 0.642. The molecule has 1 unspecified atom stereocenters. The summed E-state index contributed by atoms with van der Waals surface area (Å²) >= 11 is 7.34. The van der Waals surface area contributed by atoms with Crippen LogP contribution in [0.1, 0.15) is 17.2 Å². The Morgan fingerprint density at radius 2 is 1.76 bits per heavy atom. The number of nitrogens with zero attached hydrogens (tertiary/aromatic N) is 3. The molecule has 0 aliphatic rings. The standard InChI is InChI=1S/C24H18ClF3N4OS/c25-19-11-16(6-9-18(19)24(26,27)28)20-12-22(32-14-31-20)30-13-21(33)15-4-7-17(8-5-15)34-23-3-1-2-10-29-23/h1-12,14,21,33H,13H2,(H,30,31,32). The van der Waals surface area contributed by atoms with E-state index in [0.29, 0.717) is 17.1 Å². The Morgan fingerprint density at radius 1 is 0.971 bits per heavy atom. The third-order valence-electron chi connectivity index (χ3n) is 4.84. The number of anilines is 1. The summed E-state index contributed by atoms with van der Waals surface area (Å²) in [6, 6.07) is 18.2. The number of alkyl halides is 3. The molecule has 2 aromatic heterocycles. The molecule has 0 spiro atoms. The molecule has 0 aliphatic heterocycles. The maximum Gasteiger partial charge on any atom is 0.417 e. The first-order valence-corrected chi connectivity index (χ1v) is 11.3. The van der Waals surface area contributed by atoms with Crippen LogP contribution in [-0.4, -0.2) is 26.6 Å². The van der Waals surface area contributed by atoms with Crippen molar-refractivity contribution in [3.05, 3.63) is 95.4 Å². The smallest absolute Gasteiger partial charge is 0.387 e. The van der Waals surface area contributed by atoms with Gasteiger partial charge in [0, 0.05) is 29.3 Å². The third kappa shape index (κ3) is 6.05. The Morgan fingerprint density at radius 3 is 2.44 bits per heavy atom. The Labute approximate surface area is 203 Å². The van der Waals surface area contributed by atoms with Crippen molar-refractivity contribution in [1.82, 2.24) is 15.0 Å². The van der Waals surface area contributed by atoms with Crippen molar-refractivity contribution < 1.29 is 18.3 Å². The molecule has 0 bridgehead atoms. The summed E-state index contributed by atoms with van der Waals surface area (Å²) in [4.78, 5) is 13.5. The number of aliphatic hydroxyl groups is 1. The molecule has 0 saturated carbocycles. The largest absolute Gasteiger partial charge is 0.417 e. The van der Waals surface area contributed by atoms with Gasteiger partial charge in [-0.1, -0.05) is 47.6 Å². The van der Waals surface area contributed by atoms with Gasteiger partial charge in [0.25, 0.3) is 0 Å². The van der Waals surface area contributed by atoms with Gasteiger partial charge in [-0.25, -0.2) is 15.0 Å². The van der Waals surface area contributed by atoms with Gasteiger partial charge in [0.1, 0.15) is 17.2 Å². The van der Waals surface area contributed by atoms with Gasteiger partial charge in [-0.2, -0.15) is 13.2 Å². The van der Waals surface area contributed by atoms with Crippen LogP contribution in [0.3, 0.4) is 0 Å². The molecule has 4 aromatic rings. The number of rotatable bonds is 7. The fraction of sp³-hybridized carbons (Fsp3) is 0.125. The van der Waals surface area contributed by atoms with E-state index in [9.17, 15) is 18.3 Å². The van der Waals surface area contributed by atoms with Crippen LogP contribution in [0.2, 0.25) is 5.02 Å². The monoisotopic (exact) mass is 502 g/mol. The van der Waals surface area contributed by atoms with E-state index < -0.39 is 22.9 Å². The molecular formula is C24H18ClF3N4OS. The van der Waals surface area contributed by atoms with Gasteiger partial charge in [-0.15, -0.1) is 0 Å². The summed E-state index contributed by atoms with van der Waals surface area (Å²) in [5, 5.41) is 14.0. The Balaban J connectivity index is 1.39. The van der Waals surface area contributed by atoms with Crippen LogP contribution in [0.15, 0.2) is 89.2 Å². The van der Waals surface area contributed by atoms with Crippen LogP contribution in [0.4, 0.5) is 19.0 Å². The molecule has 0 fully saturated rings. The van der Waals surface area contributed by atoms with Gasteiger partial charge in [-0.05, 0) is 42.0 Å². The molecule has 34 heavy (non-hydrogen) atoms. The zero-order chi connectivity index (χ0) is 24.1. The average molecular weight is 503 g/mol. The number of hydrogen-bond donors (Lipinski definition) is 2. The number of halogens is 4. The lowest BCUT2D eigenvalue weighted by molar-refractivity contribution is -0.137. The number of pyridine rings is 1. The van der Waals surface area contributed by atoms with Crippen LogP contribution in [-0.2, 0) is 6.18 Å². The number of benzene rings is 2. The summed E-state index contributed by atoms with van der Waals surface area (Å²) in [5.74, 6) is 0.419. The first-order valence-electron chi connectivity index (χ1n) is 10.1. The van der Waals surface area contributed by atoms with Gasteiger partial charge in [0.15, 0.2) is 0 Å². The quantitative estimate of drug-likeness (QED) is 0.300. The van der Waals surface area contributed by atoms with E-state index in [1.165, 1.54) is 30.2 Å². The average Bonchev–Trinajstić information content (AvgIpc) is 2.83. The molecule has 4 rings (SSSR count). The van der Waals surface area contributed by atoms with Crippen molar-refractivity contribution in [3.63, 3.8) is 0 Å². The lowest BCUT2D eigenvalue weighted by Crippen LogP contribution is -2.13. The lowest BCUT2D eigenvalue weighted by atomic mass is 10.1. The van der Waals surface area contributed by atoms with Crippen molar-refractivity contribution >= 4 is 29.2 Å². The molecule has 0 saturated heterocycles. The van der Waals surface area contributed by atoms with Gasteiger partial charge in [0.2, 0.25) is 0 Å². The second kappa shape index (κ2) is 10.4. The fourth-order valence-electron chi connectivity index (χ4n) is 3.12. The predicted octanol–water partition coefficient (Wildman–Crippen LogP) is 6.51. The van der Waals surface area contributed by atoms with Crippen molar-refractivity contribution in [1.29, 1.82) is 0 Å². The molecular weight excluding hydrogens is 485 g/mol. The number of aliphatic hydroxyl groups excluding tert-OH is 1. The van der Waals surface area contributed by atoms with E-state index in [4.69, 9.17) is 11.6 Å². The summed E-state index contributed by atoms with van der Waals surface area (Å²) in [6.45, 7) is 0.178. The first kappa shape index (κ1) is 24.0. The zero-order valence-electron chi connectivity index (χ0n) is 17.5. The highest BCUT2D eigenvalue weighted by molar-refractivity contribution is 7.99. The van der Waals surface area contributed by atoms with E-state index >= 15 is 0 Å². The van der Waals surface area contributed by atoms with Crippen LogP contribution < -0.4 is 5.32 Å². The van der Waals surface area contributed by atoms with Gasteiger partial charge >= 0.3 is 6.18 Å². The normalized spacial score (nSPS) is 12.4. The maximum atomic E-state index is 12.9. The third-order valence-corrected chi connectivity index (χ3v) is 6.11. The Bertz CT molecular complexity index is 1260. The molecule has 2 heterocycles. The molecule has 2 N–H and O–H groups in total. The molecule has 0 radical (unpaired) electrons.